The summed E-state index contributed by atoms with van der Waals surface area (Å²) < 4.78 is 0. The lowest BCUT2D eigenvalue weighted by Gasteiger charge is -1.75. The molecule has 1 aromatic heterocycles. The minimum Gasteiger partial charge on any atom is -0.478 e. The number of hydrogen-bond donors (Lipinski definition) is 3. The van der Waals surface area contributed by atoms with Gasteiger partial charge < -0.3 is 10.1 Å². The minimum absolute atomic E-state index is 0.381. The van der Waals surface area contributed by atoms with Crippen LogP contribution in [0.5, 0.6) is 0 Å². The number of aromatic nitrogens is 2. The van der Waals surface area contributed by atoms with Gasteiger partial charge in [0.1, 0.15) is 0 Å². The molecule has 0 unspecified atom stereocenters. The lowest BCUT2D eigenvalue weighted by molar-refractivity contribution is -0.131. The van der Waals surface area contributed by atoms with E-state index < -0.39 is 11.7 Å². The fraction of sp³-hybridized carbons (Fsp3) is 0. The predicted octanol–water partition coefficient (Wildman–Crippen LogP) is -0.680. The van der Waals surface area contributed by atoms with Gasteiger partial charge in [0.15, 0.2) is 0 Å². The van der Waals surface area contributed by atoms with E-state index in [1.54, 1.807) is 0 Å². The molecule has 1 aromatic rings. The van der Waals surface area contributed by atoms with E-state index in [2.05, 4.69) is 11.6 Å². The molecule has 1 rings (SSSR count). The van der Waals surface area contributed by atoms with E-state index in [0.29, 0.717) is 0 Å². The molecule has 0 saturated heterocycles. The van der Waals surface area contributed by atoms with Gasteiger partial charge in [0, 0.05) is 18.3 Å². The molecule has 6 nitrogen and oxygen atoms in total. The molecule has 0 aliphatic rings. The zero-order valence-corrected chi connectivity index (χ0v) is 6.61. The number of carbonyl (C=O) groups is 1. The number of H-pyrrole nitrogens is 2. The zero-order valence-electron chi connectivity index (χ0n) is 6.61. The van der Waals surface area contributed by atoms with Gasteiger partial charge in [-0.3, -0.25) is 9.78 Å². The number of hydrogen-bond acceptors (Lipinski definition) is 3. The summed E-state index contributed by atoms with van der Waals surface area (Å²) in [5.74, 6) is -0.981. The Morgan fingerprint density at radius 2 is 2.08 bits per heavy atom. The Balaban J connectivity index is 0.000000252. The molecule has 0 aliphatic heterocycles. The SMILES string of the molecule is C=CC(=O)O.O=c1cc[nH]c(=O)[nH]1. The fourth-order valence-electron chi connectivity index (χ4n) is 0.383. The Kier molecular flexibility index (Phi) is 4.63. The Morgan fingerprint density at radius 3 is 2.31 bits per heavy atom. The Labute approximate surface area is 72.6 Å². The van der Waals surface area contributed by atoms with Gasteiger partial charge >= 0.3 is 11.7 Å². The highest BCUT2D eigenvalue weighted by Crippen LogP contribution is 1.54. The third-order valence-electron chi connectivity index (χ3n) is 0.860. The number of carboxylic acid groups (broad SMARTS) is 1. The van der Waals surface area contributed by atoms with Crippen molar-refractivity contribution in [2.75, 3.05) is 0 Å². The molecule has 70 valence electrons. The summed E-state index contributed by atoms with van der Waals surface area (Å²) in [4.78, 5) is 33.9. The molecule has 0 aromatic carbocycles. The van der Waals surface area contributed by atoms with Crippen LogP contribution in [0.1, 0.15) is 0 Å². The van der Waals surface area contributed by atoms with Crippen LogP contribution < -0.4 is 11.2 Å². The van der Waals surface area contributed by atoms with Crippen LogP contribution in [-0.2, 0) is 4.79 Å². The molecule has 1 heterocycles. The van der Waals surface area contributed by atoms with Gasteiger partial charge in [-0.05, 0) is 0 Å². The second kappa shape index (κ2) is 5.53. The molecular formula is C7H8N2O4. The quantitative estimate of drug-likeness (QED) is 0.503. The lowest BCUT2D eigenvalue weighted by atomic mass is 10.7. The van der Waals surface area contributed by atoms with Gasteiger partial charge in [0.05, 0.1) is 0 Å². The standard InChI is InChI=1S/C4H4N2O2.C3H4O2/c7-3-1-2-5-4(8)6-3;1-2-3(4)5/h1-2H,(H2,5,6,7,8);2H,1H2,(H,4,5). The van der Waals surface area contributed by atoms with E-state index in [1.807, 2.05) is 4.98 Å². The molecule has 0 aliphatic carbocycles. The van der Waals surface area contributed by atoms with Crippen LogP contribution >= 0.6 is 0 Å². The van der Waals surface area contributed by atoms with Crippen LogP contribution in [0.2, 0.25) is 0 Å². The van der Waals surface area contributed by atoms with Gasteiger partial charge in [-0.1, -0.05) is 6.58 Å². The summed E-state index contributed by atoms with van der Waals surface area (Å²) in [5, 5.41) is 7.60. The monoisotopic (exact) mass is 184 g/mol. The molecule has 0 saturated carbocycles. The highest BCUT2D eigenvalue weighted by molar-refractivity contribution is 5.78. The molecule has 0 bridgehead atoms. The van der Waals surface area contributed by atoms with Gasteiger partial charge in [-0.2, -0.15) is 0 Å². The van der Waals surface area contributed by atoms with E-state index in [0.717, 1.165) is 6.08 Å². The van der Waals surface area contributed by atoms with Crippen molar-refractivity contribution in [2.24, 2.45) is 0 Å². The summed E-state index contributed by atoms with van der Waals surface area (Å²) in [6.45, 7) is 2.96. The summed E-state index contributed by atoms with van der Waals surface area (Å²) in [6, 6.07) is 1.24. The fourth-order valence-corrected chi connectivity index (χ4v) is 0.383. The number of nitrogens with one attached hydrogen (secondary N) is 2. The van der Waals surface area contributed by atoms with E-state index in [1.165, 1.54) is 12.3 Å². The lowest BCUT2D eigenvalue weighted by Crippen LogP contribution is -2.19. The Bertz CT molecular complexity index is 364. The number of aliphatic carboxylic acids is 1. The molecule has 0 amide bonds. The highest BCUT2D eigenvalue weighted by atomic mass is 16.4. The first-order chi connectivity index (χ1) is 6.06. The van der Waals surface area contributed by atoms with Crippen molar-refractivity contribution in [1.82, 2.24) is 9.97 Å². The van der Waals surface area contributed by atoms with Gasteiger partial charge in [0.2, 0.25) is 0 Å². The van der Waals surface area contributed by atoms with Crippen molar-refractivity contribution in [3.63, 3.8) is 0 Å². The first kappa shape index (κ1) is 10.9. The van der Waals surface area contributed by atoms with Gasteiger partial charge in [-0.25, -0.2) is 9.59 Å². The number of aromatic amines is 2. The van der Waals surface area contributed by atoms with Crippen molar-refractivity contribution >= 4 is 5.97 Å². The summed E-state index contributed by atoms with van der Waals surface area (Å²) in [7, 11) is 0. The molecule has 0 spiro atoms. The predicted molar refractivity (Wildman–Crippen MR) is 45.5 cm³/mol. The van der Waals surface area contributed by atoms with Crippen LogP contribution in [0, 0.1) is 0 Å². The van der Waals surface area contributed by atoms with E-state index in [4.69, 9.17) is 5.11 Å². The van der Waals surface area contributed by atoms with Crippen molar-refractivity contribution in [1.29, 1.82) is 0 Å². The molecule has 0 radical (unpaired) electrons. The maximum absolute atomic E-state index is 10.2. The summed E-state index contributed by atoms with van der Waals surface area (Å²) in [5.41, 5.74) is -0.855. The van der Waals surface area contributed by atoms with Crippen molar-refractivity contribution in [2.45, 2.75) is 0 Å². The van der Waals surface area contributed by atoms with E-state index in [-0.39, 0.29) is 5.56 Å². The van der Waals surface area contributed by atoms with Crippen LogP contribution in [0.15, 0.2) is 34.5 Å². The van der Waals surface area contributed by atoms with Crippen molar-refractivity contribution < 1.29 is 9.90 Å². The van der Waals surface area contributed by atoms with E-state index in [9.17, 15) is 14.4 Å². The average Bonchev–Trinajstić information content (AvgIpc) is 2.05. The first-order valence-corrected chi connectivity index (χ1v) is 3.19. The van der Waals surface area contributed by atoms with Crippen molar-refractivity contribution in [3.8, 4) is 0 Å². The van der Waals surface area contributed by atoms with Crippen LogP contribution in [0.4, 0.5) is 0 Å². The Hall–Kier alpha value is -2.11. The first-order valence-electron chi connectivity index (χ1n) is 3.19. The largest absolute Gasteiger partial charge is 0.478 e. The zero-order chi connectivity index (χ0) is 10.3. The van der Waals surface area contributed by atoms with Crippen LogP contribution in [0.3, 0.4) is 0 Å². The number of rotatable bonds is 1. The molecule has 6 heteroatoms. The van der Waals surface area contributed by atoms with Crippen LogP contribution in [0.25, 0.3) is 0 Å². The Morgan fingerprint density at radius 1 is 1.54 bits per heavy atom. The third kappa shape index (κ3) is 6.29. The minimum atomic E-state index is -0.981. The second-order valence-electron chi connectivity index (χ2n) is 1.84. The normalized spacial score (nSPS) is 8.00. The molecule has 0 atom stereocenters. The topological polar surface area (TPSA) is 103 Å². The van der Waals surface area contributed by atoms with E-state index >= 15 is 0 Å². The summed E-state index contributed by atoms with van der Waals surface area (Å²) >= 11 is 0. The van der Waals surface area contributed by atoms with Crippen LogP contribution in [-0.4, -0.2) is 21.0 Å². The van der Waals surface area contributed by atoms with Crippen molar-refractivity contribution in [3.05, 3.63) is 45.8 Å². The molecule has 13 heavy (non-hydrogen) atoms. The third-order valence-corrected chi connectivity index (χ3v) is 0.860. The average molecular weight is 184 g/mol. The van der Waals surface area contributed by atoms with Gasteiger partial charge in [0.25, 0.3) is 5.56 Å². The second-order valence-corrected chi connectivity index (χ2v) is 1.84. The maximum atomic E-state index is 10.2. The molecule has 0 fully saturated rings. The molecule has 3 N–H and O–H groups in total. The maximum Gasteiger partial charge on any atom is 0.327 e. The highest BCUT2D eigenvalue weighted by Gasteiger charge is 1.77. The van der Waals surface area contributed by atoms with Gasteiger partial charge in [-0.15, -0.1) is 0 Å². The molecular weight excluding hydrogens is 176 g/mol. The number of carboxylic acids is 1. The smallest absolute Gasteiger partial charge is 0.327 e. The summed E-state index contributed by atoms with van der Waals surface area (Å²) in [6.07, 6.45) is 2.13.